The van der Waals surface area contributed by atoms with E-state index in [1.54, 1.807) is 0 Å². The number of benzene rings is 1. The highest BCUT2D eigenvalue weighted by Crippen LogP contribution is 2.19. The highest BCUT2D eigenvalue weighted by molar-refractivity contribution is 5.55. The fraction of sp³-hybridized carbons (Fsp3) is 0.364. The van der Waals surface area contributed by atoms with Crippen molar-refractivity contribution >= 4 is 11.4 Å². The normalized spacial score (nSPS) is 9.31. The van der Waals surface area contributed by atoms with E-state index >= 15 is 0 Å². The quantitative estimate of drug-likeness (QED) is 0.639. The van der Waals surface area contributed by atoms with Crippen molar-refractivity contribution in [2.45, 2.75) is 13.8 Å². The Hall–Kier alpha value is -1.49. The molecule has 0 aromatic heterocycles. The van der Waals surface area contributed by atoms with E-state index in [1.165, 1.54) is 5.69 Å². The van der Waals surface area contributed by atoms with Gasteiger partial charge in [-0.15, -0.1) is 0 Å². The molecule has 1 aromatic rings. The Morgan fingerprint density at radius 2 is 1.69 bits per heavy atom. The summed E-state index contributed by atoms with van der Waals surface area (Å²) in [5.41, 5.74) is 1.90. The van der Waals surface area contributed by atoms with Crippen LogP contribution in [0.2, 0.25) is 0 Å². The van der Waals surface area contributed by atoms with E-state index in [-0.39, 0.29) is 0 Å². The van der Waals surface area contributed by atoms with Gasteiger partial charge in [0.25, 0.3) is 0 Å². The predicted octanol–water partition coefficient (Wildman–Crippen LogP) is 3.08. The van der Waals surface area contributed by atoms with Gasteiger partial charge in [0.15, 0.2) is 5.69 Å². The van der Waals surface area contributed by atoms with Crippen molar-refractivity contribution in [2.24, 2.45) is 0 Å². The van der Waals surface area contributed by atoms with Crippen LogP contribution in [-0.2, 0) is 0 Å². The summed E-state index contributed by atoms with van der Waals surface area (Å²) in [6.07, 6.45) is 0. The lowest BCUT2D eigenvalue weighted by molar-refractivity contribution is 0.866. The minimum atomic E-state index is 0.705. The second-order valence-corrected chi connectivity index (χ2v) is 2.80. The predicted molar refractivity (Wildman–Crippen MR) is 56.3 cm³/mol. The zero-order chi connectivity index (χ0) is 9.68. The first kappa shape index (κ1) is 9.60. The molecule has 0 heterocycles. The van der Waals surface area contributed by atoms with Crippen molar-refractivity contribution in [3.05, 3.63) is 35.7 Å². The zero-order valence-corrected chi connectivity index (χ0v) is 8.12. The van der Waals surface area contributed by atoms with Gasteiger partial charge in [-0.25, -0.2) is 4.85 Å². The third-order valence-corrected chi connectivity index (χ3v) is 2.11. The van der Waals surface area contributed by atoms with Crippen LogP contribution in [0.15, 0.2) is 24.3 Å². The lowest BCUT2D eigenvalue weighted by Gasteiger charge is -2.20. The Morgan fingerprint density at radius 3 is 2.08 bits per heavy atom. The van der Waals surface area contributed by atoms with Crippen molar-refractivity contribution in [2.75, 3.05) is 18.0 Å². The van der Waals surface area contributed by atoms with Crippen LogP contribution in [0.4, 0.5) is 11.4 Å². The minimum absolute atomic E-state index is 0.705. The van der Waals surface area contributed by atoms with Crippen LogP contribution in [0.5, 0.6) is 0 Å². The molecular weight excluding hydrogens is 160 g/mol. The molecule has 0 aliphatic rings. The van der Waals surface area contributed by atoms with Gasteiger partial charge in [0.1, 0.15) is 0 Å². The SMILES string of the molecule is [C-]#[N+]c1ccc(N(CC)CC)cc1. The van der Waals surface area contributed by atoms with E-state index < -0.39 is 0 Å². The molecule has 0 atom stereocenters. The molecule has 0 aliphatic carbocycles. The Kier molecular flexibility index (Phi) is 3.33. The Morgan fingerprint density at radius 1 is 1.15 bits per heavy atom. The number of rotatable bonds is 3. The highest BCUT2D eigenvalue weighted by atomic mass is 15.1. The van der Waals surface area contributed by atoms with Crippen LogP contribution in [0.25, 0.3) is 4.85 Å². The van der Waals surface area contributed by atoms with E-state index in [2.05, 4.69) is 23.6 Å². The molecule has 2 nitrogen and oxygen atoms in total. The summed E-state index contributed by atoms with van der Waals surface area (Å²) >= 11 is 0. The molecule has 13 heavy (non-hydrogen) atoms. The average molecular weight is 174 g/mol. The van der Waals surface area contributed by atoms with Gasteiger partial charge in [0, 0.05) is 18.8 Å². The third-order valence-electron chi connectivity index (χ3n) is 2.11. The molecule has 0 saturated carbocycles. The molecule has 2 heteroatoms. The molecule has 1 rings (SSSR count). The third kappa shape index (κ3) is 2.22. The maximum absolute atomic E-state index is 6.82. The monoisotopic (exact) mass is 174 g/mol. The summed E-state index contributed by atoms with van der Waals surface area (Å²) in [6, 6.07) is 7.72. The Labute approximate surface area is 79.6 Å². The molecule has 0 spiro atoms. The Bertz CT molecular complexity index is 291. The van der Waals surface area contributed by atoms with Crippen molar-refractivity contribution < 1.29 is 0 Å². The topological polar surface area (TPSA) is 7.60 Å². The molecule has 0 saturated heterocycles. The first-order valence-corrected chi connectivity index (χ1v) is 4.54. The fourth-order valence-electron chi connectivity index (χ4n) is 1.33. The summed E-state index contributed by atoms with van der Waals surface area (Å²) in [5.74, 6) is 0. The molecule has 0 aliphatic heterocycles. The van der Waals surface area contributed by atoms with Gasteiger partial charge in [0.2, 0.25) is 0 Å². The zero-order valence-electron chi connectivity index (χ0n) is 8.12. The molecule has 0 fully saturated rings. The van der Waals surface area contributed by atoms with E-state index in [0.29, 0.717) is 5.69 Å². The van der Waals surface area contributed by atoms with Crippen LogP contribution in [0, 0.1) is 6.57 Å². The van der Waals surface area contributed by atoms with Crippen molar-refractivity contribution in [1.82, 2.24) is 0 Å². The molecule has 0 N–H and O–H groups in total. The van der Waals surface area contributed by atoms with Gasteiger partial charge >= 0.3 is 0 Å². The van der Waals surface area contributed by atoms with Gasteiger partial charge in [-0.3, -0.25) is 0 Å². The van der Waals surface area contributed by atoms with Crippen LogP contribution >= 0.6 is 0 Å². The van der Waals surface area contributed by atoms with Crippen molar-refractivity contribution in [3.63, 3.8) is 0 Å². The molecular formula is C11H14N2. The van der Waals surface area contributed by atoms with Gasteiger partial charge < -0.3 is 4.90 Å². The average Bonchev–Trinajstić information content (AvgIpc) is 2.21. The first-order valence-electron chi connectivity index (χ1n) is 4.54. The van der Waals surface area contributed by atoms with Crippen LogP contribution in [-0.4, -0.2) is 13.1 Å². The molecule has 0 radical (unpaired) electrons. The summed E-state index contributed by atoms with van der Waals surface area (Å²) < 4.78 is 0. The summed E-state index contributed by atoms with van der Waals surface area (Å²) in [7, 11) is 0. The van der Waals surface area contributed by atoms with Crippen molar-refractivity contribution in [1.29, 1.82) is 0 Å². The number of nitrogens with zero attached hydrogens (tertiary/aromatic N) is 2. The number of hydrogen-bond acceptors (Lipinski definition) is 1. The van der Waals surface area contributed by atoms with E-state index in [1.807, 2.05) is 24.3 Å². The van der Waals surface area contributed by atoms with E-state index in [0.717, 1.165) is 13.1 Å². The minimum Gasteiger partial charge on any atom is -0.372 e. The second kappa shape index (κ2) is 4.51. The van der Waals surface area contributed by atoms with Crippen LogP contribution < -0.4 is 4.90 Å². The van der Waals surface area contributed by atoms with Gasteiger partial charge in [-0.05, 0) is 26.0 Å². The maximum atomic E-state index is 6.82. The Balaban J connectivity index is 2.85. The first-order chi connectivity index (χ1) is 6.31. The standard InChI is InChI=1S/C11H14N2/c1-4-13(5-2)11-8-6-10(12-3)7-9-11/h6-9H,4-5H2,1-2H3. The number of hydrogen-bond donors (Lipinski definition) is 0. The largest absolute Gasteiger partial charge is 0.372 e. The van der Waals surface area contributed by atoms with Gasteiger partial charge in [-0.2, -0.15) is 0 Å². The van der Waals surface area contributed by atoms with Crippen LogP contribution in [0.3, 0.4) is 0 Å². The molecule has 0 unspecified atom stereocenters. The maximum Gasteiger partial charge on any atom is 0.187 e. The summed E-state index contributed by atoms with van der Waals surface area (Å²) in [6.45, 7) is 13.1. The lowest BCUT2D eigenvalue weighted by Crippen LogP contribution is -2.21. The fourth-order valence-corrected chi connectivity index (χ4v) is 1.33. The smallest absolute Gasteiger partial charge is 0.187 e. The molecule has 0 amide bonds. The summed E-state index contributed by atoms with van der Waals surface area (Å²) in [5, 5.41) is 0. The lowest BCUT2D eigenvalue weighted by atomic mass is 10.2. The summed E-state index contributed by atoms with van der Waals surface area (Å²) in [4.78, 5) is 5.61. The van der Waals surface area contributed by atoms with E-state index in [9.17, 15) is 0 Å². The van der Waals surface area contributed by atoms with E-state index in [4.69, 9.17) is 6.57 Å². The van der Waals surface area contributed by atoms with Gasteiger partial charge in [0.05, 0.1) is 6.57 Å². The van der Waals surface area contributed by atoms with Crippen LogP contribution in [0.1, 0.15) is 13.8 Å². The van der Waals surface area contributed by atoms with Gasteiger partial charge in [-0.1, -0.05) is 12.1 Å². The highest BCUT2D eigenvalue weighted by Gasteiger charge is 1.99. The molecule has 1 aromatic carbocycles. The van der Waals surface area contributed by atoms with Crippen molar-refractivity contribution in [3.8, 4) is 0 Å². The number of anilines is 1. The second-order valence-electron chi connectivity index (χ2n) is 2.80. The molecule has 68 valence electrons. The molecule has 0 bridgehead atoms.